The molecule has 0 aliphatic heterocycles. The largest absolute Gasteiger partial charge is 0.508 e. The Morgan fingerprint density at radius 2 is 1.72 bits per heavy atom. The summed E-state index contributed by atoms with van der Waals surface area (Å²) >= 11 is 0. The Morgan fingerprint density at radius 3 is 2.44 bits per heavy atom. The average Bonchev–Trinajstić information content (AvgIpc) is 2.34. The van der Waals surface area contributed by atoms with Gasteiger partial charge in [-0.2, -0.15) is 0 Å². The molecule has 2 aromatic carbocycles. The van der Waals surface area contributed by atoms with Crippen LogP contribution in [0.3, 0.4) is 0 Å². The zero-order valence-electron chi connectivity index (χ0n) is 10.2. The van der Waals surface area contributed by atoms with Crippen LogP contribution in [0.2, 0.25) is 0 Å². The van der Waals surface area contributed by atoms with Gasteiger partial charge in [0.1, 0.15) is 5.75 Å². The summed E-state index contributed by atoms with van der Waals surface area (Å²) in [5, 5.41) is 12.9. The molecule has 0 aromatic heterocycles. The van der Waals surface area contributed by atoms with Crippen LogP contribution >= 0.6 is 0 Å². The fourth-order valence-electron chi connectivity index (χ4n) is 2.56. The van der Waals surface area contributed by atoms with Crippen LogP contribution in [-0.2, 0) is 0 Å². The number of nitrogens with one attached hydrogen (secondary N) is 1. The monoisotopic (exact) mass is 239 g/mol. The van der Waals surface area contributed by atoms with E-state index in [1.165, 1.54) is 18.4 Å². The maximum atomic E-state index is 9.41. The van der Waals surface area contributed by atoms with Crippen molar-refractivity contribution in [2.24, 2.45) is 0 Å². The molecular weight excluding hydrogens is 222 g/mol. The van der Waals surface area contributed by atoms with Crippen molar-refractivity contribution in [3.8, 4) is 5.75 Å². The maximum absolute atomic E-state index is 9.41. The van der Waals surface area contributed by atoms with Crippen molar-refractivity contribution in [1.82, 2.24) is 0 Å². The van der Waals surface area contributed by atoms with E-state index in [2.05, 4.69) is 35.6 Å². The predicted octanol–water partition coefficient (Wildman–Crippen LogP) is 3.75. The minimum absolute atomic E-state index is 0.318. The molecule has 0 atom stereocenters. The Labute approximate surface area is 107 Å². The average molecular weight is 239 g/mol. The van der Waals surface area contributed by atoms with Crippen LogP contribution in [0.25, 0.3) is 0 Å². The summed E-state index contributed by atoms with van der Waals surface area (Å²) in [6.45, 7) is 0. The molecular formula is C16H17NO. The van der Waals surface area contributed by atoms with Gasteiger partial charge in [-0.15, -0.1) is 0 Å². The van der Waals surface area contributed by atoms with E-state index in [-0.39, 0.29) is 0 Å². The Bertz CT molecular complexity index is 518. The van der Waals surface area contributed by atoms with Gasteiger partial charge in [0.2, 0.25) is 0 Å². The van der Waals surface area contributed by atoms with Crippen LogP contribution in [0.15, 0.2) is 54.6 Å². The van der Waals surface area contributed by atoms with Gasteiger partial charge in [-0.25, -0.2) is 0 Å². The summed E-state index contributed by atoms with van der Waals surface area (Å²) in [4.78, 5) is 0. The molecule has 2 aromatic rings. The fourth-order valence-corrected chi connectivity index (χ4v) is 2.56. The van der Waals surface area contributed by atoms with Gasteiger partial charge in [-0.1, -0.05) is 36.4 Å². The number of benzene rings is 2. The van der Waals surface area contributed by atoms with Gasteiger partial charge < -0.3 is 10.4 Å². The standard InChI is InChI=1S/C16H17NO/c18-16-8-4-7-14(11-16)17-15-9-13(10-15)12-5-2-1-3-6-12/h1-8,11,13,15,17-18H,9-10H2. The number of phenolic OH excluding ortho intramolecular Hbond substituents is 1. The van der Waals surface area contributed by atoms with E-state index >= 15 is 0 Å². The van der Waals surface area contributed by atoms with Gasteiger partial charge in [0.15, 0.2) is 0 Å². The Balaban J connectivity index is 1.57. The van der Waals surface area contributed by atoms with E-state index in [1.807, 2.05) is 12.1 Å². The fraction of sp³-hybridized carbons (Fsp3) is 0.250. The highest BCUT2D eigenvalue weighted by Crippen LogP contribution is 2.38. The smallest absolute Gasteiger partial charge is 0.117 e. The lowest BCUT2D eigenvalue weighted by molar-refractivity contribution is 0.374. The molecule has 1 aliphatic rings. The van der Waals surface area contributed by atoms with Crippen LogP contribution in [0.1, 0.15) is 24.3 Å². The van der Waals surface area contributed by atoms with Gasteiger partial charge in [0, 0.05) is 17.8 Å². The lowest BCUT2D eigenvalue weighted by Gasteiger charge is -2.37. The van der Waals surface area contributed by atoms with E-state index in [9.17, 15) is 5.11 Å². The molecule has 0 radical (unpaired) electrons. The summed E-state index contributed by atoms with van der Waals surface area (Å²) in [6, 6.07) is 18.5. The topological polar surface area (TPSA) is 32.3 Å². The second kappa shape index (κ2) is 4.73. The number of hydrogen-bond donors (Lipinski definition) is 2. The van der Waals surface area contributed by atoms with E-state index < -0.39 is 0 Å². The molecule has 0 unspecified atom stereocenters. The summed E-state index contributed by atoms with van der Waals surface area (Å²) in [6.07, 6.45) is 2.33. The Kier molecular flexibility index (Phi) is 2.93. The minimum Gasteiger partial charge on any atom is -0.508 e. The number of anilines is 1. The van der Waals surface area contributed by atoms with Gasteiger partial charge in [0.25, 0.3) is 0 Å². The molecule has 1 aliphatic carbocycles. The van der Waals surface area contributed by atoms with Crippen LogP contribution < -0.4 is 5.32 Å². The van der Waals surface area contributed by atoms with E-state index in [0.29, 0.717) is 17.7 Å². The van der Waals surface area contributed by atoms with Crippen molar-refractivity contribution in [1.29, 1.82) is 0 Å². The third-order valence-corrected chi connectivity index (χ3v) is 3.63. The molecule has 0 saturated heterocycles. The van der Waals surface area contributed by atoms with Gasteiger partial charge in [-0.3, -0.25) is 0 Å². The van der Waals surface area contributed by atoms with Crippen LogP contribution in [0, 0.1) is 0 Å². The number of rotatable bonds is 3. The summed E-state index contributed by atoms with van der Waals surface area (Å²) in [5.41, 5.74) is 2.44. The van der Waals surface area contributed by atoms with Crippen molar-refractivity contribution in [2.45, 2.75) is 24.8 Å². The van der Waals surface area contributed by atoms with Crippen LogP contribution in [0.5, 0.6) is 5.75 Å². The number of hydrogen-bond acceptors (Lipinski definition) is 2. The first-order chi connectivity index (χ1) is 8.81. The third kappa shape index (κ3) is 2.33. The maximum Gasteiger partial charge on any atom is 0.117 e. The van der Waals surface area contributed by atoms with Crippen molar-refractivity contribution in [3.63, 3.8) is 0 Å². The normalized spacial score (nSPS) is 22.2. The van der Waals surface area contributed by atoms with E-state index in [1.54, 1.807) is 12.1 Å². The lowest BCUT2D eigenvalue weighted by Crippen LogP contribution is -2.33. The molecule has 18 heavy (non-hydrogen) atoms. The molecule has 2 N–H and O–H groups in total. The van der Waals surface area contributed by atoms with Crippen molar-refractivity contribution in [2.75, 3.05) is 5.32 Å². The predicted molar refractivity (Wildman–Crippen MR) is 73.9 cm³/mol. The van der Waals surface area contributed by atoms with Crippen LogP contribution in [-0.4, -0.2) is 11.1 Å². The first kappa shape index (κ1) is 11.1. The summed E-state index contributed by atoms with van der Waals surface area (Å²) < 4.78 is 0. The molecule has 0 bridgehead atoms. The highest BCUT2D eigenvalue weighted by Gasteiger charge is 2.29. The van der Waals surface area contributed by atoms with E-state index in [0.717, 1.165) is 5.69 Å². The molecule has 1 saturated carbocycles. The molecule has 0 amide bonds. The zero-order chi connectivity index (χ0) is 12.4. The molecule has 3 rings (SSSR count). The number of phenols is 1. The van der Waals surface area contributed by atoms with E-state index in [4.69, 9.17) is 0 Å². The zero-order valence-corrected chi connectivity index (χ0v) is 10.2. The van der Waals surface area contributed by atoms with Gasteiger partial charge in [0.05, 0.1) is 0 Å². The molecule has 2 heteroatoms. The Hall–Kier alpha value is -1.96. The van der Waals surface area contributed by atoms with Crippen molar-refractivity contribution >= 4 is 5.69 Å². The molecule has 92 valence electrons. The first-order valence-electron chi connectivity index (χ1n) is 6.42. The number of aromatic hydroxyl groups is 1. The van der Waals surface area contributed by atoms with Gasteiger partial charge in [-0.05, 0) is 36.5 Å². The highest BCUT2D eigenvalue weighted by molar-refractivity contribution is 5.49. The lowest BCUT2D eigenvalue weighted by atomic mass is 9.76. The Morgan fingerprint density at radius 1 is 0.944 bits per heavy atom. The first-order valence-corrected chi connectivity index (χ1v) is 6.42. The molecule has 0 heterocycles. The van der Waals surface area contributed by atoms with Crippen LogP contribution in [0.4, 0.5) is 5.69 Å². The summed E-state index contributed by atoms with van der Waals surface area (Å²) in [7, 11) is 0. The molecule has 1 fully saturated rings. The van der Waals surface area contributed by atoms with Crippen molar-refractivity contribution in [3.05, 3.63) is 60.2 Å². The second-order valence-electron chi connectivity index (χ2n) is 4.97. The highest BCUT2D eigenvalue weighted by atomic mass is 16.3. The second-order valence-corrected chi connectivity index (χ2v) is 4.97. The van der Waals surface area contributed by atoms with Gasteiger partial charge >= 0.3 is 0 Å². The quantitative estimate of drug-likeness (QED) is 0.855. The third-order valence-electron chi connectivity index (χ3n) is 3.63. The SMILES string of the molecule is Oc1cccc(NC2CC(c3ccccc3)C2)c1. The molecule has 2 nitrogen and oxygen atoms in total. The minimum atomic E-state index is 0.318. The molecule has 0 spiro atoms. The summed E-state index contributed by atoms with van der Waals surface area (Å²) in [5.74, 6) is 1.000. The van der Waals surface area contributed by atoms with Crippen molar-refractivity contribution < 1.29 is 5.11 Å².